The number of rotatable bonds is 2. The van der Waals surface area contributed by atoms with E-state index >= 15 is 0 Å². The molecule has 0 saturated carbocycles. The first-order valence-corrected chi connectivity index (χ1v) is 8.41. The molecule has 1 heterocycles. The number of carbonyl (C=O) groups excluding carboxylic acids is 3. The van der Waals surface area contributed by atoms with Crippen LogP contribution >= 0.6 is 0 Å². The molecule has 1 aromatic carbocycles. The van der Waals surface area contributed by atoms with Gasteiger partial charge in [-0.1, -0.05) is 6.07 Å². The number of carbonyl (C=O) groups is 3. The average Bonchev–Trinajstić information content (AvgIpc) is 2.89. The van der Waals surface area contributed by atoms with Gasteiger partial charge in [0, 0.05) is 38.7 Å². The first kappa shape index (κ1) is 16.5. The lowest BCUT2D eigenvalue weighted by Gasteiger charge is -2.22. The number of amides is 3. The number of nitrogens with zero attached hydrogens (tertiary/aromatic N) is 2. The highest BCUT2D eigenvalue weighted by molar-refractivity contribution is 5.95. The summed E-state index contributed by atoms with van der Waals surface area (Å²) < 4.78 is 0. The Kier molecular flexibility index (Phi) is 4.55. The molecule has 6 heteroatoms. The molecule has 1 fully saturated rings. The summed E-state index contributed by atoms with van der Waals surface area (Å²) in [7, 11) is 0. The maximum Gasteiger partial charge on any atom is 0.253 e. The molecule has 0 spiro atoms. The van der Waals surface area contributed by atoms with Gasteiger partial charge in [-0.2, -0.15) is 0 Å². The lowest BCUT2D eigenvalue weighted by atomic mass is 10.0. The van der Waals surface area contributed by atoms with Crippen molar-refractivity contribution in [1.29, 1.82) is 0 Å². The fraction of sp³-hybridized carbons (Fsp3) is 0.500. The lowest BCUT2D eigenvalue weighted by molar-refractivity contribution is -0.130. The average molecular weight is 329 g/mol. The van der Waals surface area contributed by atoms with Gasteiger partial charge in [-0.05, 0) is 42.5 Å². The Morgan fingerprint density at radius 1 is 1.04 bits per heavy atom. The molecule has 2 N–H and O–H groups in total. The van der Waals surface area contributed by atoms with Gasteiger partial charge in [-0.25, -0.2) is 0 Å². The van der Waals surface area contributed by atoms with E-state index in [0.29, 0.717) is 18.7 Å². The van der Waals surface area contributed by atoms with E-state index in [1.807, 2.05) is 18.2 Å². The second kappa shape index (κ2) is 6.63. The maximum absolute atomic E-state index is 12.9. The summed E-state index contributed by atoms with van der Waals surface area (Å²) in [6, 6.07) is 5.86. The highest BCUT2D eigenvalue weighted by Crippen LogP contribution is 2.24. The fourth-order valence-corrected chi connectivity index (χ4v) is 3.55. The first-order valence-electron chi connectivity index (χ1n) is 8.41. The third-order valence-electron chi connectivity index (χ3n) is 5.00. The van der Waals surface area contributed by atoms with Gasteiger partial charge in [-0.3, -0.25) is 14.4 Å². The Labute approximate surface area is 141 Å². The molecule has 128 valence electrons. The molecule has 2 aliphatic rings. The molecular weight excluding hydrogens is 306 g/mol. The van der Waals surface area contributed by atoms with Crippen LogP contribution in [0.4, 0.5) is 0 Å². The van der Waals surface area contributed by atoms with E-state index in [2.05, 4.69) is 0 Å². The third kappa shape index (κ3) is 3.27. The van der Waals surface area contributed by atoms with Gasteiger partial charge < -0.3 is 15.5 Å². The molecule has 1 aliphatic heterocycles. The van der Waals surface area contributed by atoms with Crippen molar-refractivity contribution in [2.75, 3.05) is 26.2 Å². The number of hydrogen-bond acceptors (Lipinski definition) is 3. The zero-order valence-corrected chi connectivity index (χ0v) is 14.0. The first-order chi connectivity index (χ1) is 11.5. The quantitative estimate of drug-likeness (QED) is 0.861. The monoisotopic (exact) mass is 329 g/mol. The Morgan fingerprint density at radius 3 is 2.42 bits per heavy atom. The minimum absolute atomic E-state index is 0.0960. The standard InChI is InChI=1S/C18H23N3O3/c1-12(22)20-7-8-21(11-16(10-20)17(19)23)18(24)15-6-5-13-3-2-4-14(13)9-15/h5-6,9,16H,2-4,7-8,10-11H2,1H3,(H2,19,23). The van der Waals surface area contributed by atoms with Crippen LogP contribution < -0.4 is 5.73 Å². The summed E-state index contributed by atoms with van der Waals surface area (Å²) in [5, 5.41) is 0. The molecule has 0 radical (unpaired) electrons. The van der Waals surface area contributed by atoms with Gasteiger partial charge in [0.05, 0.1) is 5.92 Å². The van der Waals surface area contributed by atoms with Crippen LogP contribution in [0.5, 0.6) is 0 Å². The smallest absolute Gasteiger partial charge is 0.253 e. The second-order valence-corrected chi connectivity index (χ2v) is 6.65. The van der Waals surface area contributed by atoms with E-state index in [0.717, 1.165) is 19.3 Å². The molecule has 1 aliphatic carbocycles. The fourth-order valence-electron chi connectivity index (χ4n) is 3.55. The van der Waals surface area contributed by atoms with Crippen LogP contribution in [0.3, 0.4) is 0 Å². The topological polar surface area (TPSA) is 83.7 Å². The minimum atomic E-state index is -0.533. The highest BCUT2D eigenvalue weighted by Gasteiger charge is 2.30. The molecule has 0 bridgehead atoms. The molecule has 3 rings (SSSR count). The number of fused-ring (bicyclic) bond motifs is 1. The molecule has 1 aromatic rings. The zero-order valence-electron chi connectivity index (χ0n) is 14.0. The van der Waals surface area contributed by atoms with Gasteiger partial charge in [0.15, 0.2) is 0 Å². The highest BCUT2D eigenvalue weighted by atomic mass is 16.2. The van der Waals surface area contributed by atoms with Crippen LogP contribution in [-0.4, -0.2) is 53.7 Å². The van der Waals surface area contributed by atoms with Crippen molar-refractivity contribution in [3.8, 4) is 0 Å². The predicted molar refractivity (Wildman–Crippen MR) is 89.3 cm³/mol. The van der Waals surface area contributed by atoms with Crippen LogP contribution in [0.25, 0.3) is 0 Å². The lowest BCUT2D eigenvalue weighted by Crippen LogP contribution is -2.40. The maximum atomic E-state index is 12.9. The number of hydrogen-bond donors (Lipinski definition) is 1. The second-order valence-electron chi connectivity index (χ2n) is 6.65. The van der Waals surface area contributed by atoms with Crippen molar-refractivity contribution < 1.29 is 14.4 Å². The van der Waals surface area contributed by atoms with Crippen LogP contribution in [0.15, 0.2) is 18.2 Å². The van der Waals surface area contributed by atoms with Gasteiger partial charge in [0.2, 0.25) is 11.8 Å². The summed E-state index contributed by atoms with van der Waals surface area (Å²) in [4.78, 5) is 39.4. The Bertz CT molecular complexity index is 686. The number of aryl methyl sites for hydroxylation is 2. The van der Waals surface area contributed by atoms with Crippen molar-refractivity contribution in [1.82, 2.24) is 9.80 Å². The van der Waals surface area contributed by atoms with Crippen molar-refractivity contribution in [3.63, 3.8) is 0 Å². The van der Waals surface area contributed by atoms with E-state index < -0.39 is 11.8 Å². The van der Waals surface area contributed by atoms with E-state index in [4.69, 9.17) is 5.73 Å². The van der Waals surface area contributed by atoms with Gasteiger partial charge >= 0.3 is 0 Å². The van der Waals surface area contributed by atoms with Crippen LogP contribution in [0.2, 0.25) is 0 Å². The summed E-state index contributed by atoms with van der Waals surface area (Å²) in [5.74, 6) is -1.21. The van der Waals surface area contributed by atoms with Crippen molar-refractivity contribution >= 4 is 17.7 Å². The molecule has 6 nitrogen and oxygen atoms in total. The molecule has 3 amide bonds. The summed E-state index contributed by atoms with van der Waals surface area (Å²) in [5.41, 5.74) is 8.67. The number of nitrogens with two attached hydrogens (primary N) is 1. The Hall–Kier alpha value is -2.37. The predicted octanol–water partition coefficient (Wildman–Crippen LogP) is 0.581. The van der Waals surface area contributed by atoms with Crippen LogP contribution in [0, 0.1) is 5.92 Å². The van der Waals surface area contributed by atoms with Crippen molar-refractivity contribution in [2.45, 2.75) is 26.2 Å². The third-order valence-corrected chi connectivity index (χ3v) is 5.00. The Morgan fingerprint density at radius 2 is 1.71 bits per heavy atom. The van der Waals surface area contributed by atoms with Crippen molar-refractivity contribution in [3.05, 3.63) is 34.9 Å². The van der Waals surface area contributed by atoms with Crippen LogP contribution in [0.1, 0.15) is 34.8 Å². The molecular formula is C18H23N3O3. The molecule has 1 unspecified atom stereocenters. The molecule has 1 atom stereocenters. The number of benzene rings is 1. The minimum Gasteiger partial charge on any atom is -0.369 e. The SMILES string of the molecule is CC(=O)N1CCN(C(=O)c2ccc3c(c2)CCC3)CC(C(N)=O)C1. The van der Waals surface area contributed by atoms with Crippen molar-refractivity contribution in [2.24, 2.45) is 11.7 Å². The summed E-state index contributed by atoms with van der Waals surface area (Å²) in [6.07, 6.45) is 3.22. The summed E-state index contributed by atoms with van der Waals surface area (Å²) in [6.45, 7) is 2.85. The van der Waals surface area contributed by atoms with E-state index in [-0.39, 0.29) is 24.9 Å². The van der Waals surface area contributed by atoms with E-state index in [9.17, 15) is 14.4 Å². The van der Waals surface area contributed by atoms with E-state index in [1.165, 1.54) is 18.1 Å². The summed E-state index contributed by atoms with van der Waals surface area (Å²) >= 11 is 0. The van der Waals surface area contributed by atoms with Crippen LogP contribution in [-0.2, 0) is 22.4 Å². The zero-order chi connectivity index (χ0) is 17.3. The van der Waals surface area contributed by atoms with Gasteiger partial charge in [0.25, 0.3) is 5.91 Å². The van der Waals surface area contributed by atoms with Gasteiger partial charge in [0.1, 0.15) is 0 Å². The molecule has 24 heavy (non-hydrogen) atoms. The Balaban J connectivity index is 1.80. The normalized spacial score (nSPS) is 20.5. The van der Waals surface area contributed by atoms with E-state index in [1.54, 1.807) is 9.80 Å². The molecule has 0 aromatic heterocycles. The number of primary amides is 1. The largest absolute Gasteiger partial charge is 0.369 e. The van der Waals surface area contributed by atoms with Gasteiger partial charge in [-0.15, -0.1) is 0 Å². The molecule has 1 saturated heterocycles.